The fraction of sp³-hybridized carbons (Fsp3) is 0.250. The Morgan fingerprint density at radius 3 is 2.52 bits per heavy atom. The first-order chi connectivity index (χ1) is 15.1. The zero-order valence-corrected chi connectivity index (χ0v) is 21.8. The number of benzene rings is 1. The van der Waals surface area contributed by atoms with Gasteiger partial charge in [-0.25, -0.2) is 9.97 Å². The van der Waals surface area contributed by atoms with Crippen molar-refractivity contribution in [3.05, 3.63) is 69.9 Å². The molecule has 0 spiro atoms. The molecule has 1 atom stereocenters. The number of alkyl halides is 3. The van der Waals surface area contributed by atoms with Crippen LogP contribution in [0.4, 0.5) is 13.2 Å². The Labute approximate surface area is 235 Å². The second-order valence-electron chi connectivity index (χ2n) is 6.48. The molecule has 3 rings (SSSR count). The Kier molecular flexibility index (Phi) is 11.6. The first-order valence-electron chi connectivity index (χ1n) is 9.03. The van der Waals surface area contributed by atoms with Crippen molar-refractivity contribution >= 4 is 18.0 Å². The minimum atomic E-state index is -4.31. The molecule has 2 aromatic heterocycles. The molecule has 0 aliphatic carbocycles. The second kappa shape index (κ2) is 13.1. The van der Waals surface area contributed by atoms with E-state index in [9.17, 15) is 23.1 Å². The molecule has 1 N–H and O–H groups in total. The predicted molar refractivity (Wildman–Crippen MR) is 106 cm³/mol. The number of hydrogen-bond acceptors (Lipinski definition) is 6. The monoisotopic (exact) mass is 504 g/mol. The Balaban J connectivity index is 0.000000361. The summed E-state index contributed by atoms with van der Waals surface area (Å²) < 4.78 is 37.7. The largest absolute Gasteiger partial charge is 1.00 e. The van der Waals surface area contributed by atoms with Crippen molar-refractivity contribution in [3.8, 4) is 11.9 Å². The number of halogens is 4. The molecule has 8 nitrogen and oxygen atoms in total. The standard InChI is InChI=1S/C12H11N6O2.C8H6ClF3.K/c1-8(15-7-20)12-16-10(6-19)17-18(12)11-3-2-9(4-13)5-14-11;1-5-2-6(8(10,11)12)4-7(9)3-5;/h2-3,5,7-8H,6H2,1H3,(H,15,20);2-4H,1H3;/q-1;;+1. The number of rotatable bonds is 5. The molecule has 1 amide bonds. The maximum Gasteiger partial charge on any atom is 1.00 e. The maximum absolute atomic E-state index is 12.1. The number of aromatic nitrogens is 4. The minimum absolute atomic E-state index is 0. The maximum atomic E-state index is 12.1. The van der Waals surface area contributed by atoms with Crippen LogP contribution in [0.1, 0.15) is 41.3 Å². The summed E-state index contributed by atoms with van der Waals surface area (Å²) in [6, 6.07) is 8.18. The quantitative estimate of drug-likeness (QED) is 0.382. The van der Waals surface area contributed by atoms with Gasteiger partial charge >= 0.3 is 57.6 Å². The zero-order chi connectivity index (χ0) is 23.9. The van der Waals surface area contributed by atoms with Gasteiger partial charge < -0.3 is 10.4 Å². The number of pyridine rings is 1. The molecule has 1 aromatic carbocycles. The Morgan fingerprint density at radius 1 is 1.33 bits per heavy atom. The van der Waals surface area contributed by atoms with Crippen LogP contribution in [0.2, 0.25) is 5.02 Å². The Bertz CT molecular complexity index is 1100. The molecule has 0 aliphatic rings. The molecule has 0 radical (unpaired) electrons. The van der Waals surface area contributed by atoms with Crippen molar-refractivity contribution in [2.24, 2.45) is 0 Å². The minimum Gasteiger partial charge on any atom is -0.849 e. The predicted octanol–water partition coefficient (Wildman–Crippen LogP) is -0.127. The molecule has 168 valence electrons. The summed E-state index contributed by atoms with van der Waals surface area (Å²) in [5.74, 6) is 0.941. The van der Waals surface area contributed by atoms with Crippen molar-refractivity contribution in [3.63, 3.8) is 0 Å². The van der Waals surface area contributed by atoms with Crippen molar-refractivity contribution in [1.82, 2.24) is 25.1 Å². The van der Waals surface area contributed by atoms with Crippen molar-refractivity contribution in [2.45, 2.75) is 32.7 Å². The Hall–Kier alpha value is -1.85. The first-order valence-corrected chi connectivity index (χ1v) is 9.41. The van der Waals surface area contributed by atoms with E-state index in [1.165, 1.54) is 16.9 Å². The van der Waals surface area contributed by atoms with E-state index in [2.05, 4.69) is 20.4 Å². The topological polar surface area (TPSA) is 120 Å². The third-order valence-corrected chi connectivity index (χ3v) is 4.19. The van der Waals surface area contributed by atoms with Crippen LogP contribution in [0.3, 0.4) is 0 Å². The molecule has 33 heavy (non-hydrogen) atoms. The Morgan fingerprint density at radius 2 is 2.03 bits per heavy atom. The van der Waals surface area contributed by atoms with E-state index in [1.54, 1.807) is 26.0 Å². The van der Waals surface area contributed by atoms with Crippen LogP contribution in [0, 0.1) is 18.3 Å². The fourth-order valence-corrected chi connectivity index (χ4v) is 2.82. The van der Waals surface area contributed by atoms with Crippen LogP contribution in [0.15, 0.2) is 36.5 Å². The molecule has 3 aromatic rings. The van der Waals surface area contributed by atoms with Crippen LogP contribution < -0.4 is 61.8 Å². The molecule has 0 bridgehead atoms. The van der Waals surface area contributed by atoms with Gasteiger partial charge in [-0.15, -0.1) is 0 Å². The van der Waals surface area contributed by atoms with Gasteiger partial charge in [-0.1, -0.05) is 18.2 Å². The van der Waals surface area contributed by atoms with Crippen LogP contribution in [-0.4, -0.2) is 26.2 Å². The third-order valence-electron chi connectivity index (χ3n) is 3.97. The normalized spacial score (nSPS) is 11.3. The first kappa shape index (κ1) is 29.2. The second-order valence-corrected chi connectivity index (χ2v) is 6.92. The summed E-state index contributed by atoms with van der Waals surface area (Å²) in [5, 5.41) is 26.4. The van der Waals surface area contributed by atoms with E-state index in [4.69, 9.17) is 16.9 Å². The van der Waals surface area contributed by atoms with Gasteiger partial charge in [0.1, 0.15) is 11.9 Å². The van der Waals surface area contributed by atoms with Gasteiger partial charge in [0.15, 0.2) is 11.6 Å². The zero-order valence-electron chi connectivity index (χ0n) is 17.9. The summed E-state index contributed by atoms with van der Waals surface area (Å²) in [6.45, 7) is 2.72. The third kappa shape index (κ3) is 8.46. The van der Waals surface area contributed by atoms with E-state index >= 15 is 0 Å². The smallest absolute Gasteiger partial charge is 0.849 e. The molecule has 0 aliphatic heterocycles. The number of aryl methyl sites for hydroxylation is 1. The number of nitriles is 1. The molecular formula is C20H17ClF3KN6O2. The average Bonchev–Trinajstić information content (AvgIpc) is 3.18. The molecule has 0 fully saturated rings. The number of amides is 1. The number of carbonyl (C=O) groups excluding carboxylic acids is 1. The van der Waals surface area contributed by atoms with Crippen LogP contribution >= 0.6 is 11.6 Å². The van der Waals surface area contributed by atoms with E-state index in [0.29, 0.717) is 29.2 Å². The average molecular weight is 505 g/mol. The van der Waals surface area contributed by atoms with Gasteiger partial charge in [0.2, 0.25) is 6.41 Å². The van der Waals surface area contributed by atoms with Crippen LogP contribution in [0.25, 0.3) is 5.82 Å². The van der Waals surface area contributed by atoms with Gasteiger partial charge in [0.25, 0.3) is 0 Å². The van der Waals surface area contributed by atoms with Gasteiger partial charge in [0.05, 0.1) is 17.2 Å². The van der Waals surface area contributed by atoms with Gasteiger partial charge in [-0.2, -0.15) is 28.2 Å². The van der Waals surface area contributed by atoms with Crippen LogP contribution in [-0.2, 0) is 17.6 Å². The van der Waals surface area contributed by atoms with E-state index < -0.39 is 24.4 Å². The fourth-order valence-electron chi connectivity index (χ4n) is 2.53. The number of nitrogens with one attached hydrogen (secondary N) is 1. The summed E-state index contributed by atoms with van der Waals surface area (Å²) in [6.07, 6.45) is -2.36. The summed E-state index contributed by atoms with van der Waals surface area (Å²) >= 11 is 5.46. The van der Waals surface area contributed by atoms with Gasteiger partial charge in [-0.05, 0) is 49.7 Å². The molecule has 1 unspecified atom stereocenters. The number of nitrogens with zero attached hydrogens (tertiary/aromatic N) is 5. The molecule has 13 heteroatoms. The van der Waals surface area contributed by atoms with Crippen molar-refractivity contribution in [1.29, 1.82) is 5.26 Å². The van der Waals surface area contributed by atoms with Crippen molar-refractivity contribution in [2.75, 3.05) is 0 Å². The molecular weight excluding hydrogens is 488 g/mol. The van der Waals surface area contributed by atoms with Gasteiger partial charge in [0, 0.05) is 11.2 Å². The molecule has 0 saturated carbocycles. The van der Waals surface area contributed by atoms with Crippen molar-refractivity contribution < 1.29 is 74.5 Å². The number of carbonyl (C=O) groups is 1. The van der Waals surface area contributed by atoms with E-state index in [0.717, 1.165) is 12.1 Å². The summed E-state index contributed by atoms with van der Waals surface area (Å²) in [5.41, 5.74) is 0.223. The summed E-state index contributed by atoms with van der Waals surface area (Å²) in [7, 11) is 0. The summed E-state index contributed by atoms with van der Waals surface area (Å²) in [4.78, 5) is 18.7. The number of hydrogen-bond donors (Lipinski definition) is 1. The van der Waals surface area contributed by atoms with E-state index in [-0.39, 0.29) is 62.2 Å². The SMILES string of the molecule is CC(NC=O)c1nc(C[O-])nn1-c1ccc(C#N)cn1.Cc1cc(Cl)cc(C(F)(F)F)c1.[K+]. The van der Waals surface area contributed by atoms with Crippen LogP contribution in [0.5, 0.6) is 0 Å². The molecule has 0 saturated heterocycles. The van der Waals surface area contributed by atoms with E-state index in [1.807, 2.05) is 6.07 Å². The molecule has 2 heterocycles. The van der Waals surface area contributed by atoms with Gasteiger partial charge in [-0.3, -0.25) is 4.79 Å².